The Kier molecular flexibility index (Phi) is 4.15. The van der Waals surface area contributed by atoms with Crippen LogP contribution in [0.1, 0.15) is 26.3 Å². The average molecular weight is 300 g/mol. The van der Waals surface area contributed by atoms with Crippen molar-refractivity contribution in [1.29, 1.82) is 0 Å². The van der Waals surface area contributed by atoms with Crippen molar-refractivity contribution in [1.82, 2.24) is 4.90 Å². The van der Waals surface area contributed by atoms with Gasteiger partial charge in [-0.2, -0.15) is 0 Å². The summed E-state index contributed by atoms with van der Waals surface area (Å²) in [5.41, 5.74) is 4.34. The number of benzene rings is 1. The van der Waals surface area contributed by atoms with Gasteiger partial charge in [-0.25, -0.2) is 0 Å². The highest BCUT2D eigenvalue weighted by Crippen LogP contribution is 2.26. The van der Waals surface area contributed by atoms with E-state index < -0.39 is 8.07 Å². The molecule has 2 rings (SSSR count). The van der Waals surface area contributed by atoms with Gasteiger partial charge in [-0.05, 0) is 26.7 Å². The molecule has 1 unspecified atom stereocenters. The monoisotopic (exact) mass is 300 g/mol. The van der Waals surface area contributed by atoms with E-state index in [0.717, 1.165) is 11.4 Å². The topological polar surface area (TPSA) is 24.8 Å². The van der Waals surface area contributed by atoms with E-state index in [0.29, 0.717) is 0 Å². The second kappa shape index (κ2) is 5.57. The highest BCUT2D eigenvalue weighted by Gasteiger charge is 2.37. The standard InChI is InChI=1S/C17H24N2OSi/c1-17(2,3)19-15(12-13-21(4,5)6)20-18-16(19)14-10-8-7-9-11-14/h7-11,15H,1-6H3. The molecule has 1 heterocycles. The summed E-state index contributed by atoms with van der Waals surface area (Å²) < 4.78 is 0. The van der Waals surface area contributed by atoms with E-state index in [4.69, 9.17) is 4.84 Å². The van der Waals surface area contributed by atoms with Crippen LogP contribution in [-0.2, 0) is 4.84 Å². The molecule has 0 spiro atoms. The van der Waals surface area contributed by atoms with Gasteiger partial charge in [-0.15, -0.1) is 5.54 Å². The molecule has 4 heteroatoms. The van der Waals surface area contributed by atoms with Gasteiger partial charge in [0.2, 0.25) is 0 Å². The number of nitrogens with zero attached hydrogens (tertiary/aromatic N) is 2. The van der Waals surface area contributed by atoms with E-state index in [-0.39, 0.29) is 11.8 Å². The van der Waals surface area contributed by atoms with Crippen molar-refractivity contribution < 1.29 is 4.84 Å². The maximum atomic E-state index is 5.62. The summed E-state index contributed by atoms with van der Waals surface area (Å²) in [7, 11) is -1.43. The molecule has 21 heavy (non-hydrogen) atoms. The first-order valence-corrected chi connectivity index (χ1v) is 10.8. The Labute approximate surface area is 129 Å². The van der Waals surface area contributed by atoms with Crippen molar-refractivity contribution in [2.75, 3.05) is 0 Å². The minimum Gasteiger partial charge on any atom is -0.355 e. The molecule has 0 saturated carbocycles. The molecule has 1 atom stereocenters. The lowest BCUT2D eigenvalue weighted by Gasteiger charge is -2.35. The van der Waals surface area contributed by atoms with Gasteiger partial charge in [-0.1, -0.05) is 55.1 Å². The summed E-state index contributed by atoms with van der Waals surface area (Å²) in [6.07, 6.45) is -0.299. The SMILES string of the molecule is CC(C)(C)N1C(c2ccccc2)=NOC1C#C[Si](C)(C)C. The van der Waals surface area contributed by atoms with Crippen molar-refractivity contribution in [3.05, 3.63) is 35.9 Å². The maximum Gasteiger partial charge on any atom is 0.263 e. The van der Waals surface area contributed by atoms with E-state index in [2.05, 4.69) is 74.1 Å². The van der Waals surface area contributed by atoms with Gasteiger partial charge in [-0.3, -0.25) is 0 Å². The lowest BCUT2D eigenvalue weighted by Crippen LogP contribution is -2.48. The minimum atomic E-state index is -1.43. The highest BCUT2D eigenvalue weighted by atomic mass is 28.3. The zero-order chi connectivity index (χ0) is 15.7. The molecule has 0 N–H and O–H groups in total. The number of rotatable bonds is 1. The summed E-state index contributed by atoms with van der Waals surface area (Å²) in [5.74, 6) is 4.14. The largest absolute Gasteiger partial charge is 0.355 e. The van der Waals surface area contributed by atoms with Crippen LogP contribution in [0.15, 0.2) is 35.5 Å². The summed E-state index contributed by atoms with van der Waals surface area (Å²) >= 11 is 0. The number of hydrogen-bond donors (Lipinski definition) is 0. The molecule has 3 nitrogen and oxygen atoms in total. The minimum absolute atomic E-state index is 0.107. The lowest BCUT2D eigenvalue weighted by atomic mass is 10.0. The predicted octanol–water partition coefficient (Wildman–Crippen LogP) is 3.69. The summed E-state index contributed by atoms with van der Waals surface area (Å²) in [6.45, 7) is 13.2. The van der Waals surface area contributed by atoms with E-state index in [9.17, 15) is 0 Å². The Hall–Kier alpha value is -1.73. The summed E-state index contributed by atoms with van der Waals surface area (Å²) in [5, 5.41) is 4.29. The van der Waals surface area contributed by atoms with Gasteiger partial charge in [0.1, 0.15) is 8.07 Å². The second-order valence-corrected chi connectivity index (χ2v) is 12.0. The van der Waals surface area contributed by atoms with Crippen molar-refractivity contribution in [3.8, 4) is 11.5 Å². The van der Waals surface area contributed by atoms with Gasteiger partial charge in [0, 0.05) is 11.1 Å². The molecule has 112 valence electrons. The van der Waals surface area contributed by atoms with Gasteiger partial charge >= 0.3 is 0 Å². The fourth-order valence-electron chi connectivity index (χ4n) is 2.12. The fraction of sp³-hybridized carbons (Fsp3) is 0.471. The Morgan fingerprint density at radius 3 is 2.29 bits per heavy atom. The highest BCUT2D eigenvalue weighted by molar-refractivity contribution is 6.83. The van der Waals surface area contributed by atoms with Gasteiger partial charge < -0.3 is 9.74 Å². The Morgan fingerprint density at radius 2 is 1.76 bits per heavy atom. The van der Waals surface area contributed by atoms with Crippen LogP contribution in [0.3, 0.4) is 0 Å². The summed E-state index contributed by atoms with van der Waals surface area (Å²) in [6, 6.07) is 10.1. The van der Waals surface area contributed by atoms with E-state index >= 15 is 0 Å². The van der Waals surface area contributed by atoms with Crippen molar-refractivity contribution in [3.63, 3.8) is 0 Å². The van der Waals surface area contributed by atoms with Crippen LogP contribution in [0.4, 0.5) is 0 Å². The van der Waals surface area contributed by atoms with Crippen LogP contribution < -0.4 is 0 Å². The Bertz CT molecular complexity index is 585. The van der Waals surface area contributed by atoms with Gasteiger partial charge in [0.25, 0.3) is 6.23 Å². The third-order valence-corrected chi connectivity index (χ3v) is 3.92. The number of hydrogen-bond acceptors (Lipinski definition) is 3. The van der Waals surface area contributed by atoms with Crippen LogP contribution >= 0.6 is 0 Å². The van der Waals surface area contributed by atoms with E-state index in [1.807, 2.05) is 18.2 Å². The van der Waals surface area contributed by atoms with Crippen LogP contribution in [0.2, 0.25) is 19.6 Å². The van der Waals surface area contributed by atoms with Crippen molar-refractivity contribution >= 4 is 13.9 Å². The normalized spacial score (nSPS) is 18.7. The molecule has 0 saturated heterocycles. The zero-order valence-electron chi connectivity index (χ0n) is 13.8. The number of oxime groups is 1. The predicted molar refractivity (Wildman–Crippen MR) is 90.6 cm³/mol. The molecule has 1 aliphatic heterocycles. The molecule has 0 radical (unpaired) electrons. The van der Waals surface area contributed by atoms with Gasteiger partial charge in [0.05, 0.1) is 0 Å². The van der Waals surface area contributed by atoms with Crippen molar-refractivity contribution in [2.24, 2.45) is 5.16 Å². The first kappa shape index (κ1) is 15.7. The maximum absolute atomic E-state index is 5.62. The molecular formula is C17H24N2OSi. The van der Waals surface area contributed by atoms with Crippen LogP contribution in [-0.4, -0.2) is 30.6 Å². The molecule has 1 aliphatic rings. The second-order valence-electron chi connectivity index (χ2n) is 7.30. The first-order valence-electron chi connectivity index (χ1n) is 7.30. The van der Waals surface area contributed by atoms with Crippen LogP contribution in [0, 0.1) is 11.5 Å². The first-order chi connectivity index (χ1) is 9.68. The van der Waals surface area contributed by atoms with Crippen molar-refractivity contribution in [2.45, 2.75) is 52.2 Å². The molecule has 0 aliphatic carbocycles. The van der Waals surface area contributed by atoms with E-state index in [1.165, 1.54) is 0 Å². The van der Waals surface area contributed by atoms with Gasteiger partial charge in [0.15, 0.2) is 5.84 Å². The molecular weight excluding hydrogens is 276 g/mol. The third-order valence-electron chi connectivity index (χ3n) is 3.03. The smallest absolute Gasteiger partial charge is 0.263 e. The van der Waals surface area contributed by atoms with Crippen LogP contribution in [0.5, 0.6) is 0 Å². The Balaban J connectivity index is 2.34. The third kappa shape index (κ3) is 3.89. The molecule has 1 aromatic carbocycles. The lowest BCUT2D eigenvalue weighted by molar-refractivity contribution is 0.0192. The molecule has 0 amide bonds. The van der Waals surface area contributed by atoms with Crippen LogP contribution in [0.25, 0.3) is 0 Å². The molecule has 0 bridgehead atoms. The molecule has 0 fully saturated rings. The zero-order valence-corrected chi connectivity index (χ0v) is 14.8. The molecule has 0 aromatic heterocycles. The summed E-state index contributed by atoms with van der Waals surface area (Å²) in [4.78, 5) is 7.78. The molecule has 1 aromatic rings. The fourth-order valence-corrected chi connectivity index (χ4v) is 2.68. The quantitative estimate of drug-likeness (QED) is 0.584. The Morgan fingerprint density at radius 1 is 1.14 bits per heavy atom. The number of amidine groups is 1. The van der Waals surface area contributed by atoms with E-state index in [1.54, 1.807) is 0 Å². The average Bonchev–Trinajstić information content (AvgIpc) is 2.80.